The Kier molecular flexibility index (Phi) is 7.79. The first-order valence-electron chi connectivity index (χ1n) is 5.45. The average Bonchev–Trinajstić information content (AvgIpc) is 2.33. The summed E-state index contributed by atoms with van der Waals surface area (Å²) in [6.45, 7) is 9.96. The Hall–Kier alpha value is -0.266. The van der Waals surface area contributed by atoms with Gasteiger partial charge in [0, 0.05) is 50.0 Å². The van der Waals surface area contributed by atoms with E-state index in [4.69, 9.17) is 0 Å². The molecule has 16 heavy (non-hydrogen) atoms. The predicted octanol–water partition coefficient (Wildman–Crippen LogP) is 3.94. The van der Waals surface area contributed by atoms with Gasteiger partial charge in [-0.3, -0.25) is 4.98 Å². The van der Waals surface area contributed by atoms with E-state index in [9.17, 15) is 0 Å². The molecule has 0 amide bonds. The third-order valence-electron chi connectivity index (χ3n) is 2.31. The van der Waals surface area contributed by atoms with Crippen LogP contribution in [0.1, 0.15) is 25.1 Å². The van der Waals surface area contributed by atoms with Crippen LogP contribution in [-0.4, -0.2) is 4.98 Å². The molecule has 0 N–H and O–H groups in total. The molecule has 2 aromatic rings. The van der Waals surface area contributed by atoms with Crippen LogP contribution in [0, 0.1) is 13.8 Å². The number of hydrogen-bond donors (Lipinski definition) is 0. The maximum Gasteiger partial charge on any atom is 0.0305 e. The molecule has 1 heterocycles. The minimum absolute atomic E-state index is 0. The number of rotatable bonds is 1. The van der Waals surface area contributed by atoms with E-state index in [-0.39, 0.29) is 32.7 Å². The molecule has 0 aliphatic rings. The first-order valence-corrected chi connectivity index (χ1v) is 5.45. The van der Waals surface area contributed by atoms with E-state index in [1.54, 1.807) is 0 Å². The molecule has 0 unspecified atom stereocenters. The van der Waals surface area contributed by atoms with Crippen LogP contribution in [0.2, 0.25) is 0 Å². The second-order valence-corrected chi connectivity index (χ2v) is 3.18. The number of aromatic nitrogens is 1. The van der Waals surface area contributed by atoms with Gasteiger partial charge in [0.1, 0.15) is 0 Å². The summed E-state index contributed by atoms with van der Waals surface area (Å²) < 4.78 is 0. The maximum atomic E-state index is 4.36. The number of aryl methyl sites for hydroxylation is 1. The third kappa shape index (κ3) is 3.36. The van der Waals surface area contributed by atoms with Crippen molar-refractivity contribution < 1.29 is 32.7 Å². The van der Waals surface area contributed by atoms with Crippen LogP contribution in [0.4, 0.5) is 0 Å². The molecule has 0 saturated heterocycles. The van der Waals surface area contributed by atoms with E-state index in [2.05, 4.69) is 37.0 Å². The third-order valence-corrected chi connectivity index (χ3v) is 2.31. The molecule has 1 aromatic heterocycles. The zero-order valence-corrected chi connectivity index (χ0v) is 13.2. The van der Waals surface area contributed by atoms with Gasteiger partial charge >= 0.3 is 0 Å². The van der Waals surface area contributed by atoms with E-state index in [1.807, 2.05) is 26.1 Å². The van der Waals surface area contributed by atoms with Gasteiger partial charge in [0.2, 0.25) is 0 Å². The van der Waals surface area contributed by atoms with Crippen LogP contribution in [0.5, 0.6) is 0 Å². The summed E-state index contributed by atoms with van der Waals surface area (Å²) in [7, 11) is 0. The number of pyridine rings is 1. The Morgan fingerprint density at radius 3 is 2.25 bits per heavy atom. The van der Waals surface area contributed by atoms with Crippen molar-refractivity contribution in [2.75, 3.05) is 0 Å². The SMILES string of the molecule is CC.[CH2-]Cc1ncc(C)c2ccccc12.[Y]. The fourth-order valence-electron chi connectivity index (χ4n) is 1.59. The molecule has 1 aromatic carbocycles. The molecule has 0 spiro atoms. The van der Waals surface area contributed by atoms with E-state index < -0.39 is 0 Å². The van der Waals surface area contributed by atoms with Gasteiger partial charge in [0.15, 0.2) is 0 Å². The van der Waals surface area contributed by atoms with Crippen molar-refractivity contribution in [1.29, 1.82) is 0 Å². The number of fused-ring (bicyclic) bond motifs is 1. The standard InChI is InChI=1S/C12H12N.C2H6.Y/c1-3-12-11-7-5-4-6-10(11)9(2)8-13-12;1-2;/h4-8H,1,3H2,2H3;1-2H3;/q-1;;. The van der Waals surface area contributed by atoms with Crippen molar-refractivity contribution in [3.8, 4) is 0 Å². The van der Waals surface area contributed by atoms with Crippen LogP contribution in [0.25, 0.3) is 10.8 Å². The number of nitrogens with zero attached hydrogens (tertiary/aromatic N) is 1. The second-order valence-electron chi connectivity index (χ2n) is 3.18. The topological polar surface area (TPSA) is 12.9 Å². The molecular weight excluding hydrogens is 271 g/mol. The molecule has 2 rings (SSSR count). The summed E-state index contributed by atoms with van der Waals surface area (Å²) in [4.78, 5) is 4.36. The van der Waals surface area contributed by atoms with Gasteiger partial charge < -0.3 is 6.92 Å². The Morgan fingerprint density at radius 2 is 1.69 bits per heavy atom. The van der Waals surface area contributed by atoms with Gasteiger partial charge in [0.25, 0.3) is 0 Å². The van der Waals surface area contributed by atoms with Gasteiger partial charge in [-0.2, -0.15) is 0 Å². The normalized spacial score (nSPS) is 9.00. The summed E-state index contributed by atoms with van der Waals surface area (Å²) in [5, 5.41) is 2.52. The molecule has 83 valence electrons. The summed E-state index contributed by atoms with van der Waals surface area (Å²) >= 11 is 0. The molecular formula is C14H18NY-. The fraction of sp³-hybridized carbons (Fsp3) is 0.286. The summed E-state index contributed by atoms with van der Waals surface area (Å²) in [6, 6.07) is 8.34. The van der Waals surface area contributed by atoms with Crippen LogP contribution in [-0.2, 0) is 39.1 Å². The molecule has 0 aliphatic carbocycles. The molecule has 0 saturated carbocycles. The molecule has 2 heteroatoms. The van der Waals surface area contributed by atoms with Crippen LogP contribution in [0.3, 0.4) is 0 Å². The average molecular weight is 289 g/mol. The van der Waals surface area contributed by atoms with Gasteiger partial charge in [-0.1, -0.05) is 38.1 Å². The largest absolute Gasteiger partial charge is 0.338 e. The van der Waals surface area contributed by atoms with Crippen molar-refractivity contribution in [1.82, 2.24) is 4.98 Å². The zero-order chi connectivity index (χ0) is 11.3. The summed E-state index contributed by atoms with van der Waals surface area (Å²) in [5.41, 5.74) is 2.31. The van der Waals surface area contributed by atoms with Crippen LogP contribution < -0.4 is 0 Å². The molecule has 0 atom stereocenters. The minimum atomic E-state index is 0. The van der Waals surface area contributed by atoms with Crippen LogP contribution >= 0.6 is 0 Å². The van der Waals surface area contributed by atoms with Crippen molar-refractivity contribution in [3.05, 3.63) is 48.6 Å². The quantitative estimate of drug-likeness (QED) is 0.725. The summed E-state index contributed by atoms with van der Waals surface area (Å²) in [6.07, 6.45) is 2.67. The molecule has 0 aliphatic heterocycles. The number of hydrogen-bond acceptors (Lipinski definition) is 1. The Labute approximate surface area is 124 Å². The van der Waals surface area contributed by atoms with Gasteiger partial charge in [-0.25, -0.2) is 0 Å². The second kappa shape index (κ2) is 7.92. The van der Waals surface area contributed by atoms with Gasteiger partial charge in [-0.05, 0) is 17.9 Å². The van der Waals surface area contributed by atoms with Crippen molar-refractivity contribution in [3.63, 3.8) is 0 Å². The van der Waals surface area contributed by atoms with Crippen molar-refractivity contribution in [2.24, 2.45) is 0 Å². The fourth-order valence-corrected chi connectivity index (χ4v) is 1.59. The predicted molar refractivity (Wildman–Crippen MR) is 66.9 cm³/mol. The Balaban J connectivity index is 0.000000711. The van der Waals surface area contributed by atoms with Gasteiger partial charge in [0.05, 0.1) is 0 Å². The zero-order valence-electron chi connectivity index (χ0n) is 10.3. The smallest absolute Gasteiger partial charge is 0.0305 e. The Bertz CT molecular complexity index is 438. The molecule has 0 bridgehead atoms. The first kappa shape index (κ1) is 15.7. The Morgan fingerprint density at radius 1 is 1.12 bits per heavy atom. The summed E-state index contributed by atoms with van der Waals surface area (Å²) in [5.74, 6) is 0. The molecule has 0 fully saturated rings. The molecule has 1 radical (unpaired) electrons. The maximum absolute atomic E-state index is 4.36. The van der Waals surface area contributed by atoms with E-state index in [1.165, 1.54) is 16.3 Å². The minimum Gasteiger partial charge on any atom is -0.338 e. The van der Waals surface area contributed by atoms with Crippen molar-refractivity contribution >= 4 is 10.8 Å². The monoisotopic (exact) mass is 289 g/mol. The first-order chi connectivity index (χ1) is 7.33. The van der Waals surface area contributed by atoms with Gasteiger partial charge in [-0.15, -0.1) is 6.42 Å². The van der Waals surface area contributed by atoms with Crippen LogP contribution in [0.15, 0.2) is 30.5 Å². The molecule has 1 nitrogen and oxygen atoms in total. The van der Waals surface area contributed by atoms with E-state index >= 15 is 0 Å². The van der Waals surface area contributed by atoms with E-state index in [0.717, 1.165) is 12.1 Å². The number of benzene rings is 1. The van der Waals surface area contributed by atoms with Crippen molar-refractivity contribution in [2.45, 2.75) is 27.2 Å². The van der Waals surface area contributed by atoms with E-state index in [0.29, 0.717) is 0 Å².